The van der Waals surface area contributed by atoms with E-state index in [1.807, 2.05) is 6.07 Å². The van der Waals surface area contributed by atoms with Crippen molar-refractivity contribution in [2.75, 3.05) is 11.9 Å². The largest absolute Gasteiger partial charge is 0.484 e. The molecule has 1 N–H and O–H groups in total. The number of anilines is 1. The van der Waals surface area contributed by atoms with E-state index < -0.39 is 0 Å². The molecule has 0 fully saturated rings. The highest BCUT2D eigenvalue weighted by atomic mass is 19.1. The highest BCUT2D eigenvalue weighted by molar-refractivity contribution is 5.92. The molecule has 0 aliphatic heterocycles. The molecular formula is C23H18FN3O3. The number of nitrogens with zero attached hydrogens (tertiary/aromatic N) is 2. The van der Waals surface area contributed by atoms with Gasteiger partial charge in [0.15, 0.2) is 6.61 Å². The Morgan fingerprint density at radius 3 is 2.47 bits per heavy atom. The van der Waals surface area contributed by atoms with Gasteiger partial charge in [0, 0.05) is 5.69 Å². The quantitative estimate of drug-likeness (QED) is 0.549. The van der Waals surface area contributed by atoms with E-state index >= 15 is 0 Å². The topological polar surface area (TPSA) is 73.2 Å². The number of hydrogen-bond donors (Lipinski definition) is 1. The van der Waals surface area contributed by atoms with Gasteiger partial charge >= 0.3 is 0 Å². The maximum atomic E-state index is 12.9. The van der Waals surface area contributed by atoms with E-state index in [2.05, 4.69) is 10.3 Å². The van der Waals surface area contributed by atoms with Crippen molar-refractivity contribution < 1.29 is 13.9 Å². The van der Waals surface area contributed by atoms with Gasteiger partial charge in [0.1, 0.15) is 17.4 Å². The molecule has 0 aliphatic carbocycles. The average molecular weight is 403 g/mol. The lowest BCUT2D eigenvalue weighted by Crippen LogP contribution is -2.22. The van der Waals surface area contributed by atoms with E-state index in [9.17, 15) is 14.0 Å². The zero-order valence-corrected chi connectivity index (χ0v) is 16.1. The fourth-order valence-corrected chi connectivity index (χ4v) is 3.12. The molecule has 1 amide bonds. The van der Waals surface area contributed by atoms with Crippen LogP contribution in [0.5, 0.6) is 5.75 Å². The molecule has 3 aromatic carbocycles. The summed E-state index contributed by atoms with van der Waals surface area (Å²) in [7, 11) is 0. The van der Waals surface area contributed by atoms with Gasteiger partial charge in [-0.05, 0) is 67.6 Å². The Morgan fingerprint density at radius 1 is 1.03 bits per heavy atom. The van der Waals surface area contributed by atoms with Crippen LogP contribution in [0.2, 0.25) is 0 Å². The third-order valence-corrected chi connectivity index (χ3v) is 4.54. The Labute approximate surface area is 171 Å². The third-order valence-electron chi connectivity index (χ3n) is 4.54. The molecule has 30 heavy (non-hydrogen) atoms. The summed E-state index contributed by atoms with van der Waals surface area (Å²) < 4.78 is 19.8. The molecule has 0 saturated heterocycles. The summed E-state index contributed by atoms with van der Waals surface area (Å²) in [6.07, 6.45) is 0. The minimum atomic E-state index is -0.372. The maximum Gasteiger partial charge on any atom is 0.265 e. The van der Waals surface area contributed by atoms with E-state index in [1.165, 1.54) is 28.8 Å². The number of fused-ring (bicyclic) bond motifs is 1. The first-order valence-electron chi connectivity index (χ1n) is 9.28. The van der Waals surface area contributed by atoms with Gasteiger partial charge in [-0.1, -0.05) is 12.1 Å². The van der Waals surface area contributed by atoms with Crippen LogP contribution < -0.4 is 15.6 Å². The summed E-state index contributed by atoms with van der Waals surface area (Å²) in [6, 6.07) is 19.5. The van der Waals surface area contributed by atoms with Gasteiger partial charge in [0.2, 0.25) is 0 Å². The number of nitrogens with one attached hydrogen (secondary N) is 1. The second-order valence-electron chi connectivity index (χ2n) is 6.65. The molecular weight excluding hydrogens is 385 g/mol. The molecule has 7 heteroatoms. The first kappa shape index (κ1) is 19.3. The molecule has 0 saturated carbocycles. The zero-order valence-electron chi connectivity index (χ0n) is 16.1. The molecule has 0 atom stereocenters. The Kier molecular flexibility index (Phi) is 5.26. The number of halogens is 1. The average Bonchev–Trinajstić information content (AvgIpc) is 2.74. The minimum absolute atomic E-state index is 0.150. The summed E-state index contributed by atoms with van der Waals surface area (Å²) >= 11 is 0. The van der Waals surface area contributed by atoms with Crippen LogP contribution in [0, 0.1) is 12.7 Å². The molecule has 6 nitrogen and oxygen atoms in total. The van der Waals surface area contributed by atoms with Gasteiger partial charge in [0.25, 0.3) is 11.5 Å². The maximum absolute atomic E-state index is 12.9. The predicted octanol–water partition coefficient (Wildman–Crippen LogP) is 3.85. The van der Waals surface area contributed by atoms with Crippen molar-refractivity contribution in [3.05, 3.63) is 94.8 Å². The molecule has 0 unspecified atom stereocenters. The number of carbonyl (C=O) groups is 1. The van der Waals surface area contributed by atoms with E-state index in [0.29, 0.717) is 33.9 Å². The summed E-state index contributed by atoms with van der Waals surface area (Å²) in [5.41, 5.74) is 1.71. The Hall–Kier alpha value is -4.00. The van der Waals surface area contributed by atoms with Crippen LogP contribution in [0.1, 0.15) is 5.82 Å². The van der Waals surface area contributed by atoms with Crippen molar-refractivity contribution in [1.29, 1.82) is 0 Å². The van der Waals surface area contributed by atoms with Crippen LogP contribution in [-0.4, -0.2) is 22.1 Å². The first-order chi connectivity index (χ1) is 14.5. The minimum Gasteiger partial charge on any atom is -0.484 e. The van der Waals surface area contributed by atoms with Gasteiger partial charge in [0.05, 0.1) is 16.6 Å². The zero-order chi connectivity index (χ0) is 21.1. The van der Waals surface area contributed by atoms with Crippen molar-refractivity contribution >= 4 is 22.5 Å². The number of aryl methyl sites for hydroxylation is 1. The highest BCUT2D eigenvalue weighted by Gasteiger charge is 2.10. The van der Waals surface area contributed by atoms with E-state index in [0.717, 1.165) is 0 Å². The molecule has 4 aromatic rings. The van der Waals surface area contributed by atoms with E-state index in [1.54, 1.807) is 49.4 Å². The van der Waals surface area contributed by atoms with Crippen molar-refractivity contribution in [3.63, 3.8) is 0 Å². The summed E-state index contributed by atoms with van der Waals surface area (Å²) in [5, 5.41) is 3.26. The van der Waals surface area contributed by atoms with Crippen molar-refractivity contribution in [2.24, 2.45) is 0 Å². The molecule has 0 spiro atoms. The number of carbonyl (C=O) groups excluding carboxylic acids is 1. The lowest BCUT2D eigenvalue weighted by atomic mass is 10.2. The number of benzene rings is 3. The van der Waals surface area contributed by atoms with Gasteiger partial charge < -0.3 is 10.1 Å². The van der Waals surface area contributed by atoms with E-state index in [4.69, 9.17) is 4.74 Å². The van der Waals surface area contributed by atoms with Crippen LogP contribution >= 0.6 is 0 Å². The highest BCUT2D eigenvalue weighted by Crippen LogP contribution is 2.16. The number of aromatic nitrogens is 2. The summed E-state index contributed by atoms with van der Waals surface area (Å²) in [6.45, 7) is 1.57. The normalized spacial score (nSPS) is 10.7. The molecule has 0 bridgehead atoms. The number of ether oxygens (including phenoxy) is 1. The van der Waals surface area contributed by atoms with Gasteiger partial charge in [-0.3, -0.25) is 14.2 Å². The van der Waals surface area contributed by atoms with Crippen LogP contribution in [0.3, 0.4) is 0 Å². The smallest absolute Gasteiger partial charge is 0.265 e. The fraction of sp³-hybridized carbons (Fsp3) is 0.0870. The monoisotopic (exact) mass is 403 g/mol. The van der Waals surface area contributed by atoms with Crippen LogP contribution in [0.4, 0.5) is 10.1 Å². The van der Waals surface area contributed by atoms with Crippen LogP contribution in [0.25, 0.3) is 16.6 Å². The second kappa shape index (κ2) is 8.16. The van der Waals surface area contributed by atoms with Crippen molar-refractivity contribution in [1.82, 2.24) is 9.55 Å². The van der Waals surface area contributed by atoms with Crippen molar-refractivity contribution in [3.8, 4) is 11.4 Å². The van der Waals surface area contributed by atoms with Crippen LogP contribution in [-0.2, 0) is 4.79 Å². The molecule has 4 rings (SSSR count). The molecule has 150 valence electrons. The number of amides is 1. The first-order valence-corrected chi connectivity index (χ1v) is 9.28. The molecule has 0 radical (unpaired) electrons. The molecule has 1 aromatic heterocycles. The standard InChI is InChI=1S/C23H18FN3O3/c1-15-25-21-5-3-2-4-20(21)23(29)27(15)18-10-8-17(9-11-18)26-22(28)14-30-19-12-6-16(24)7-13-19/h2-13H,14H2,1H3,(H,26,28). The lowest BCUT2D eigenvalue weighted by molar-refractivity contribution is -0.118. The fourth-order valence-electron chi connectivity index (χ4n) is 3.12. The third kappa shape index (κ3) is 4.05. The Bertz CT molecular complexity index is 1270. The van der Waals surface area contributed by atoms with Gasteiger partial charge in [-0.2, -0.15) is 0 Å². The number of rotatable bonds is 5. The summed E-state index contributed by atoms with van der Waals surface area (Å²) in [5.74, 6) is 0.249. The van der Waals surface area contributed by atoms with Gasteiger partial charge in [-0.25, -0.2) is 9.37 Å². The predicted molar refractivity (Wildman–Crippen MR) is 113 cm³/mol. The molecule has 1 heterocycles. The van der Waals surface area contributed by atoms with Gasteiger partial charge in [-0.15, -0.1) is 0 Å². The Morgan fingerprint density at radius 2 is 1.73 bits per heavy atom. The second-order valence-corrected chi connectivity index (χ2v) is 6.65. The lowest BCUT2D eigenvalue weighted by Gasteiger charge is -2.12. The van der Waals surface area contributed by atoms with Crippen LogP contribution in [0.15, 0.2) is 77.6 Å². The SMILES string of the molecule is Cc1nc2ccccc2c(=O)n1-c1ccc(NC(=O)COc2ccc(F)cc2)cc1. The number of hydrogen-bond acceptors (Lipinski definition) is 4. The number of para-hydroxylation sites is 1. The Balaban J connectivity index is 1.48. The van der Waals surface area contributed by atoms with Crippen molar-refractivity contribution in [2.45, 2.75) is 6.92 Å². The van der Waals surface area contributed by atoms with E-state index in [-0.39, 0.29) is 23.9 Å². The summed E-state index contributed by atoms with van der Waals surface area (Å²) in [4.78, 5) is 29.4. The molecule has 0 aliphatic rings.